The molecule has 1 amide bonds. The van der Waals surface area contributed by atoms with E-state index in [0.717, 1.165) is 0 Å². The van der Waals surface area contributed by atoms with Crippen LogP contribution in [0.25, 0.3) is 0 Å². The Bertz CT molecular complexity index is 349. The summed E-state index contributed by atoms with van der Waals surface area (Å²) in [4.78, 5) is 11.5. The van der Waals surface area contributed by atoms with Gasteiger partial charge in [-0.05, 0) is 30.7 Å². The number of carbonyl (C=O) groups is 1. The normalized spacial score (nSPS) is 9.56. The third kappa shape index (κ3) is 4.13. The molecule has 1 rings (SSSR count). The predicted octanol–water partition coefficient (Wildman–Crippen LogP) is 2.11. The van der Waals surface area contributed by atoms with Crippen molar-refractivity contribution in [1.82, 2.24) is 5.32 Å². The van der Waals surface area contributed by atoms with Gasteiger partial charge in [-0.3, -0.25) is 4.79 Å². The average Bonchev–Trinajstić information content (AvgIpc) is 2.29. The van der Waals surface area contributed by atoms with Crippen LogP contribution in [0, 0.1) is 5.82 Å². The minimum absolute atomic E-state index is 0.210. The molecule has 0 radical (unpaired) electrons. The van der Waals surface area contributed by atoms with Gasteiger partial charge in [-0.15, -0.1) is 0 Å². The summed E-state index contributed by atoms with van der Waals surface area (Å²) < 4.78 is 17.5. The molecule has 1 aromatic rings. The number of ether oxygens (including phenoxy) is 1. The van der Waals surface area contributed by atoms with Crippen molar-refractivity contribution < 1.29 is 13.9 Å². The maximum Gasteiger partial charge on any atom is 0.251 e. The molecule has 16 heavy (non-hydrogen) atoms. The smallest absolute Gasteiger partial charge is 0.251 e. The summed E-state index contributed by atoms with van der Waals surface area (Å²) >= 11 is 0. The van der Waals surface area contributed by atoms with Crippen molar-refractivity contribution in [1.29, 1.82) is 0 Å². The molecule has 0 atom stereocenters. The third-order valence-electron chi connectivity index (χ3n) is 1.95. The zero-order valence-corrected chi connectivity index (χ0v) is 8.91. The summed E-state index contributed by atoms with van der Waals surface area (Å²) in [5.74, 6) is -0.561. The Balaban J connectivity index is 2.29. The summed E-state index contributed by atoms with van der Waals surface area (Å²) in [6.45, 7) is 4.44. The molecular weight excluding hydrogens is 209 g/mol. The zero-order valence-electron chi connectivity index (χ0n) is 8.91. The van der Waals surface area contributed by atoms with E-state index < -0.39 is 0 Å². The molecule has 0 fully saturated rings. The average molecular weight is 223 g/mol. The Morgan fingerprint density at radius 2 is 2.12 bits per heavy atom. The van der Waals surface area contributed by atoms with E-state index in [1.54, 1.807) is 0 Å². The molecule has 0 saturated carbocycles. The van der Waals surface area contributed by atoms with Gasteiger partial charge in [0.25, 0.3) is 5.91 Å². The number of nitrogens with one attached hydrogen (secondary N) is 1. The molecule has 0 aliphatic rings. The van der Waals surface area contributed by atoms with Gasteiger partial charge in [-0.2, -0.15) is 0 Å². The van der Waals surface area contributed by atoms with E-state index >= 15 is 0 Å². The number of halogens is 1. The molecule has 1 aromatic carbocycles. The molecule has 1 N–H and O–H groups in total. The highest BCUT2D eigenvalue weighted by molar-refractivity contribution is 5.94. The second kappa shape index (κ2) is 6.61. The summed E-state index contributed by atoms with van der Waals surface area (Å²) in [7, 11) is 0. The van der Waals surface area contributed by atoms with Gasteiger partial charge in [0, 0.05) is 12.1 Å². The van der Waals surface area contributed by atoms with Crippen LogP contribution in [0.4, 0.5) is 4.39 Å². The van der Waals surface area contributed by atoms with Crippen molar-refractivity contribution in [2.45, 2.75) is 6.42 Å². The zero-order chi connectivity index (χ0) is 11.8. The molecule has 0 bridgehead atoms. The summed E-state index contributed by atoms with van der Waals surface area (Å²) in [6, 6.07) is 5.42. The van der Waals surface area contributed by atoms with Crippen LogP contribution < -0.4 is 5.32 Å². The number of amides is 1. The Labute approximate surface area is 93.9 Å². The standard InChI is InChI=1S/C12H14FNO2/c1-2-16-9-3-8-14-12(15)10-4-6-11(13)7-5-10/h2,4-7H,1,3,8-9H2,(H,14,15). The molecule has 86 valence electrons. The second-order valence-corrected chi connectivity index (χ2v) is 3.15. The molecule has 0 aromatic heterocycles. The van der Waals surface area contributed by atoms with Gasteiger partial charge in [0.2, 0.25) is 0 Å². The molecule has 0 heterocycles. The Morgan fingerprint density at radius 3 is 2.75 bits per heavy atom. The van der Waals surface area contributed by atoms with Crippen LogP contribution in [0.2, 0.25) is 0 Å². The lowest BCUT2D eigenvalue weighted by Gasteiger charge is -2.04. The SMILES string of the molecule is C=COCCCNC(=O)c1ccc(F)cc1. The predicted molar refractivity (Wildman–Crippen MR) is 59.5 cm³/mol. The van der Waals surface area contributed by atoms with Crippen LogP contribution >= 0.6 is 0 Å². The van der Waals surface area contributed by atoms with E-state index in [9.17, 15) is 9.18 Å². The molecule has 0 saturated heterocycles. The van der Waals surface area contributed by atoms with E-state index in [1.165, 1.54) is 30.5 Å². The molecule has 3 nitrogen and oxygen atoms in total. The van der Waals surface area contributed by atoms with Gasteiger partial charge >= 0.3 is 0 Å². The van der Waals surface area contributed by atoms with Gasteiger partial charge in [0.1, 0.15) is 5.82 Å². The van der Waals surface area contributed by atoms with Crippen LogP contribution in [0.5, 0.6) is 0 Å². The van der Waals surface area contributed by atoms with E-state index in [4.69, 9.17) is 4.74 Å². The molecule has 4 heteroatoms. The van der Waals surface area contributed by atoms with Crippen molar-refractivity contribution in [2.24, 2.45) is 0 Å². The summed E-state index contributed by atoms with van der Waals surface area (Å²) in [6.07, 6.45) is 2.07. The van der Waals surface area contributed by atoms with Crippen LogP contribution in [0.1, 0.15) is 16.8 Å². The fraction of sp³-hybridized carbons (Fsp3) is 0.250. The van der Waals surface area contributed by atoms with Crippen molar-refractivity contribution in [3.8, 4) is 0 Å². The summed E-state index contributed by atoms with van der Waals surface area (Å²) in [5.41, 5.74) is 0.450. The van der Waals surface area contributed by atoms with E-state index in [2.05, 4.69) is 11.9 Å². The monoisotopic (exact) mass is 223 g/mol. The first-order chi connectivity index (χ1) is 7.74. The fourth-order valence-corrected chi connectivity index (χ4v) is 1.14. The Hall–Kier alpha value is -1.84. The first-order valence-electron chi connectivity index (χ1n) is 5.00. The quantitative estimate of drug-likeness (QED) is 0.592. The van der Waals surface area contributed by atoms with Gasteiger partial charge in [-0.1, -0.05) is 6.58 Å². The minimum atomic E-state index is -0.351. The third-order valence-corrected chi connectivity index (χ3v) is 1.95. The number of rotatable bonds is 6. The molecule has 0 aliphatic carbocycles. The lowest BCUT2D eigenvalue weighted by molar-refractivity contribution is 0.0950. The topological polar surface area (TPSA) is 38.3 Å². The van der Waals surface area contributed by atoms with Crippen molar-refractivity contribution in [3.63, 3.8) is 0 Å². The van der Waals surface area contributed by atoms with Gasteiger partial charge in [0.05, 0.1) is 12.9 Å². The minimum Gasteiger partial charge on any atom is -0.502 e. The Kier molecular flexibility index (Phi) is 5.05. The van der Waals surface area contributed by atoms with Gasteiger partial charge in [-0.25, -0.2) is 4.39 Å². The van der Waals surface area contributed by atoms with E-state index in [1.807, 2.05) is 0 Å². The van der Waals surface area contributed by atoms with Crippen molar-refractivity contribution in [2.75, 3.05) is 13.2 Å². The molecule has 0 aliphatic heterocycles. The number of benzene rings is 1. The summed E-state index contributed by atoms with van der Waals surface area (Å²) in [5, 5.41) is 2.70. The van der Waals surface area contributed by atoms with Gasteiger partial charge in [0.15, 0.2) is 0 Å². The lowest BCUT2D eigenvalue weighted by Crippen LogP contribution is -2.25. The Morgan fingerprint density at radius 1 is 1.44 bits per heavy atom. The van der Waals surface area contributed by atoms with Crippen LogP contribution in [-0.2, 0) is 4.74 Å². The highest BCUT2D eigenvalue weighted by Crippen LogP contribution is 2.02. The number of hydrogen-bond donors (Lipinski definition) is 1. The second-order valence-electron chi connectivity index (χ2n) is 3.15. The van der Waals surface area contributed by atoms with Crippen LogP contribution in [0.3, 0.4) is 0 Å². The van der Waals surface area contributed by atoms with Crippen LogP contribution in [0.15, 0.2) is 37.1 Å². The van der Waals surface area contributed by atoms with Crippen LogP contribution in [-0.4, -0.2) is 19.1 Å². The molecule has 0 unspecified atom stereocenters. The highest BCUT2D eigenvalue weighted by atomic mass is 19.1. The lowest BCUT2D eigenvalue weighted by atomic mass is 10.2. The maximum absolute atomic E-state index is 12.6. The number of hydrogen-bond acceptors (Lipinski definition) is 2. The van der Waals surface area contributed by atoms with E-state index in [0.29, 0.717) is 25.1 Å². The molecule has 0 spiro atoms. The first-order valence-corrected chi connectivity index (χ1v) is 5.00. The maximum atomic E-state index is 12.6. The van der Waals surface area contributed by atoms with Crippen molar-refractivity contribution in [3.05, 3.63) is 48.5 Å². The molecular formula is C12H14FNO2. The largest absolute Gasteiger partial charge is 0.502 e. The highest BCUT2D eigenvalue weighted by Gasteiger charge is 2.03. The first kappa shape index (κ1) is 12.2. The van der Waals surface area contributed by atoms with Gasteiger partial charge < -0.3 is 10.1 Å². The van der Waals surface area contributed by atoms with Crippen molar-refractivity contribution >= 4 is 5.91 Å². The fourth-order valence-electron chi connectivity index (χ4n) is 1.14. The van der Waals surface area contributed by atoms with E-state index in [-0.39, 0.29) is 11.7 Å². The number of carbonyl (C=O) groups excluding carboxylic acids is 1.